The fraction of sp³-hybridized carbons (Fsp3) is 0.600. The van der Waals surface area contributed by atoms with Crippen LogP contribution in [0.25, 0.3) is 10.9 Å². The average molecular weight is 425 g/mol. The molecule has 4 rings (SSSR count). The van der Waals surface area contributed by atoms with Crippen molar-refractivity contribution >= 4 is 23.2 Å². The number of nitrogens with one attached hydrogen (secondary N) is 2. The summed E-state index contributed by atoms with van der Waals surface area (Å²) >= 11 is 0. The molecule has 3 atom stereocenters. The van der Waals surface area contributed by atoms with Crippen molar-refractivity contribution in [1.29, 1.82) is 0 Å². The molecule has 0 bridgehead atoms. The number of carbonyl (C=O) groups excluding carboxylic acids is 2. The predicted molar refractivity (Wildman–Crippen MR) is 125 cm³/mol. The summed E-state index contributed by atoms with van der Waals surface area (Å²) in [6, 6.07) is 4.65. The summed E-state index contributed by atoms with van der Waals surface area (Å²) in [4.78, 5) is 32.5. The normalized spacial score (nSPS) is 22.9. The van der Waals surface area contributed by atoms with Gasteiger partial charge in [-0.15, -0.1) is 0 Å². The van der Waals surface area contributed by atoms with E-state index in [1.807, 2.05) is 24.8 Å². The Morgan fingerprint density at radius 1 is 1.26 bits per heavy atom. The van der Waals surface area contributed by atoms with Crippen LogP contribution in [-0.4, -0.2) is 65.4 Å². The first-order valence-corrected chi connectivity index (χ1v) is 12.0. The molecule has 1 unspecified atom stereocenters. The molecule has 1 aliphatic carbocycles. The lowest BCUT2D eigenvalue weighted by atomic mass is 9.73. The molecule has 6 heteroatoms. The van der Waals surface area contributed by atoms with Crippen molar-refractivity contribution in [2.75, 3.05) is 26.2 Å². The monoisotopic (exact) mass is 424 g/mol. The first kappa shape index (κ1) is 21.9. The summed E-state index contributed by atoms with van der Waals surface area (Å²) in [5.41, 5.74) is 5.82. The molecular weight excluding hydrogens is 388 g/mol. The number of benzene rings is 1. The van der Waals surface area contributed by atoms with Gasteiger partial charge < -0.3 is 15.2 Å². The van der Waals surface area contributed by atoms with E-state index in [1.165, 1.54) is 22.2 Å². The Balaban J connectivity index is 1.73. The highest BCUT2D eigenvalue weighted by Crippen LogP contribution is 2.45. The number of amides is 2. The third-order valence-electron chi connectivity index (χ3n) is 7.26. The Hall–Kier alpha value is -2.34. The van der Waals surface area contributed by atoms with Gasteiger partial charge in [0.2, 0.25) is 0 Å². The molecule has 31 heavy (non-hydrogen) atoms. The minimum Gasteiger partial charge on any atom is -0.358 e. The smallest absolute Gasteiger partial charge is 0.317 e. The van der Waals surface area contributed by atoms with Crippen LogP contribution in [0.4, 0.5) is 4.79 Å². The number of piperidine rings is 1. The van der Waals surface area contributed by atoms with Crippen molar-refractivity contribution in [3.8, 4) is 0 Å². The van der Waals surface area contributed by atoms with Gasteiger partial charge in [0.25, 0.3) is 0 Å². The Morgan fingerprint density at radius 2 is 2.03 bits per heavy atom. The zero-order valence-corrected chi connectivity index (χ0v) is 19.3. The Morgan fingerprint density at radius 3 is 2.68 bits per heavy atom. The van der Waals surface area contributed by atoms with E-state index in [1.54, 1.807) is 0 Å². The van der Waals surface area contributed by atoms with Gasteiger partial charge in [-0.3, -0.25) is 9.69 Å². The molecule has 0 saturated carbocycles. The van der Waals surface area contributed by atoms with E-state index in [2.05, 4.69) is 35.1 Å². The number of urea groups is 1. The summed E-state index contributed by atoms with van der Waals surface area (Å²) in [7, 11) is 0. The fourth-order valence-corrected chi connectivity index (χ4v) is 5.85. The van der Waals surface area contributed by atoms with Crippen LogP contribution in [-0.2, 0) is 12.8 Å². The molecule has 6 nitrogen and oxygen atoms in total. The molecular formula is C25H36N4O2. The lowest BCUT2D eigenvalue weighted by Crippen LogP contribution is -2.58. The van der Waals surface area contributed by atoms with Gasteiger partial charge in [-0.25, -0.2) is 4.79 Å². The van der Waals surface area contributed by atoms with E-state index < -0.39 is 0 Å². The van der Waals surface area contributed by atoms with E-state index in [0.717, 1.165) is 56.1 Å². The first-order valence-electron chi connectivity index (χ1n) is 12.0. The number of aromatic amines is 1. The van der Waals surface area contributed by atoms with Gasteiger partial charge in [0.15, 0.2) is 0 Å². The van der Waals surface area contributed by atoms with Gasteiger partial charge in [0.05, 0.1) is 0 Å². The lowest BCUT2D eigenvalue weighted by Gasteiger charge is -2.47. The van der Waals surface area contributed by atoms with E-state index in [-0.39, 0.29) is 12.1 Å². The molecule has 0 spiro atoms. The third kappa shape index (κ3) is 3.86. The Labute approximate surface area is 185 Å². The molecule has 2 aliphatic rings. The molecule has 0 radical (unpaired) electrons. The topological polar surface area (TPSA) is 68.4 Å². The number of hydrogen-bond acceptors (Lipinski definition) is 3. The maximum absolute atomic E-state index is 12.8. The summed E-state index contributed by atoms with van der Waals surface area (Å²) in [5.74, 6) is 0.317. The number of rotatable bonds is 7. The SMILES string of the molecule is CCCN1CC(NC(=O)N(CC)CC)C[C@@H]2c3cc(C=O)cc4[nH]c(CC)c(c34)C[C@H]21. The Bertz CT molecular complexity index is 962. The van der Waals surface area contributed by atoms with E-state index >= 15 is 0 Å². The zero-order valence-electron chi connectivity index (χ0n) is 19.3. The van der Waals surface area contributed by atoms with Crippen LogP contribution < -0.4 is 5.32 Å². The number of likely N-dealkylation sites (tertiary alicyclic amines) is 1. The number of aromatic nitrogens is 1. The molecule has 1 aromatic heterocycles. The zero-order chi connectivity index (χ0) is 22.1. The molecule has 1 fully saturated rings. The van der Waals surface area contributed by atoms with Crippen LogP contribution in [0.3, 0.4) is 0 Å². The minimum atomic E-state index is 0.0306. The number of fused-ring (bicyclic) bond motifs is 2. The summed E-state index contributed by atoms with van der Waals surface area (Å²) in [5, 5.41) is 4.63. The summed E-state index contributed by atoms with van der Waals surface area (Å²) in [6.07, 6.45) is 4.97. The molecule has 2 N–H and O–H groups in total. The van der Waals surface area contributed by atoms with Crippen LogP contribution in [0.15, 0.2) is 12.1 Å². The van der Waals surface area contributed by atoms with Gasteiger partial charge in [-0.2, -0.15) is 0 Å². The number of nitrogens with zero attached hydrogens (tertiary/aromatic N) is 2. The van der Waals surface area contributed by atoms with Crippen molar-refractivity contribution in [2.24, 2.45) is 0 Å². The third-order valence-corrected chi connectivity index (χ3v) is 7.26. The molecule has 168 valence electrons. The minimum absolute atomic E-state index is 0.0306. The van der Waals surface area contributed by atoms with Crippen molar-refractivity contribution in [3.05, 3.63) is 34.5 Å². The van der Waals surface area contributed by atoms with Crippen LogP contribution in [0.2, 0.25) is 0 Å². The standard InChI is InChI=1S/C25H36N4O2/c1-5-9-29-14-17(26-25(31)28(7-3)8-4)12-18-19-10-16(15-30)11-22-24(19)20(13-23(18)29)21(6-2)27-22/h10-11,15,17-18,23,27H,5-9,12-14H2,1-4H3,(H,26,31)/t17?,18-,23-/m1/s1. The highest BCUT2D eigenvalue weighted by atomic mass is 16.2. The van der Waals surface area contributed by atoms with Crippen LogP contribution in [0.1, 0.15) is 73.6 Å². The summed E-state index contributed by atoms with van der Waals surface area (Å²) in [6.45, 7) is 11.8. The number of aldehydes is 1. The first-order chi connectivity index (χ1) is 15.0. The highest BCUT2D eigenvalue weighted by Gasteiger charge is 2.42. The predicted octanol–water partition coefficient (Wildman–Crippen LogP) is 4.09. The summed E-state index contributed by atoms with van der Waals surface area (Å²) < 4.78 is 0. The second-order valence-electron chi connectivity index (χ2n) is 9.01. The van der Waals surface area contributed by atoms with Gasteiger partial charge in [-0.1, -0.05) is 13.8 Å². The van der Waals surface area contributed by atoms with Crippen molar-refractivity contribution in [3.63, 3.8) is 0 Å². The average Bonchev–Trinajstić information content (AvgIpc) is 3.13. The number of hydrogen-bond donors (Lipinski definition) is 2. The van der Waals surface area contributed by atoms with E-state index in [9.17, 15) is 9.59 Å². The maximum Gasteiger partial charge on any atom is 0.317 e. The molecule has 1 aromatic carbocycles. The number of carbonyl (C=O) groups is 2. The van der Waals surface area contributed by atoms with Crippen LogP contribution in [0, 0.1) is 0 Å². The highest BCUT2D eigenvalue weighted by molar-refractivity contribution is 5.94. The van der Waals surface area contributed by atoms with E-state index in [4.69, 9.17) is 0 Å². The van der Waals surface area contributed by atoms with Gasteiger partial charge in [0.1, 0.15) is 6.29 Å². The Kier molecular flexibility index (Phi) is 6.37. The van der Waals surface area contributed by atoms with Gasteiger partial charge in [-0.05, 0) is 69.3 Å². The van der Waals surface area contributed by atoms with Crippen molar-refractivity contribution in [2.45, 2.75) is 71.4 Å². The number of H-pyrrole nitrogens is 1. The fourth-order valence-electron chi connectivity index (χ4n) is 5.85. The second-order valence-corrected chi connectivity index (χ2v) is 9.01. The molecule has 2 heterocycles. The molecule has 1 saturated heterocycles. The molecule has 1 aliphatic heterocycles. The van der Waals surface area contributed by atoms with Crippen LogP contribution in [0.5, 0.6) is 0 Å². The second kappa shape index (κ2) is 9.03. The molecule has 2 aromatic rings. The molecule has 2 amide bonds. The largest absolute Gasteiger partial charge is 0.358 e. The quantitative estimate of drug-likeness (QED) is 0.658. The van der Waals surface area contributed by atoms with Crippen molar-refractivity contribution in [1.82, 2.24) is 20.1 Å². The van der Waals surface area contributed by atoms with Crippen molar-refractivity contribution < 1.29 is 9.59 Å². The lowest BCUT2D eigenvalue weighted by molar-refractivity contribution is 0.0978. The van der Waals surface area contributed by atoms with Gasteiger partial charge >= 0.3 is 6.03 Å². The van der Waals surface area contributed by atoms with Gasteiger partial charge in [0, 0.05) is 59.8 Å². The van der Waals surface area contributed by atoms with E-state index in [0.29, 0.717) is 25.0 Å². The number of aryl methyl sites for hydroxylation is 1. The maximum atomic E-state index is 12.8. The van der Waals surface area contributed by atoms with Crippen LogP contribution >= 0.6 is 0 Å².